The Morgan fingerprint density at radius 2 is 2.21 bits per heavy atom. The number of methoxy groups -OCH3 is 1. The van der Waals surface area contributed by atoms with Crippen molar-refractivity contribution in [3.63, 3.8) is 0 Å². The molecule has 2 heterocycles. The van der Waals surface area contributed by atoms with Crippen LogP contribution in [0.2, 0.25) is 0 Å². The first-order valence-electron chi connectivity index (χ1n) is 6.37. The molecular formula is C14H20N4O. The zero-order valence-electron chi connectivity index (χ0n) is 11.8. The highest BCUT2D eigenvalue weighted by molar-refractivity contribution is 5.52. The predicted octanol–water partition coefficient (Wildman–Crippen LogP) is 2.56. The molecule has 0 aliphatic heterocycles. The minimum absolute atomic E-state index is 0.411. The first-order valence-corrected chi connectivity index (χ1v) is 6.37. The van der Waals surface area contributed by atoms with Gasteiger partial charge in [0, 0.05) is 31.5 Å². The van der Waals surface area contributed by atoms with Crippen LogP contribution in [0.25, 0.3) is 0 Å². The highest BCUT2D eigenvalue weighted by Gasteiger charge is 2.12. The predicted molar refractivity (Wildman–Crippen MR) is 75.4 cm³/mol. The summed E-state index contributed by atoms with van der Waals surface area (Å²) in [5.41, 5.74) is 3.21. The molecule has 0 aromatic carbocycles. The number of nitrogens with zero attached hydrogens (tertiary/aromatic N) is 3. The zero-order valence-corrected chi connectivity index (χ0v) is 11.8. The normalized spacial score (nSPS) is 10.8. The molecule has 0 atom stereocenters. The Hall–Kier alpha value is -2.04. The van der Waals surface area contributed by atoms with Crippen molar-refractivity contribution in [2.75, 3.05) is 12.4 Å². The molecule has 19 heavy (non-hydrogen) atoms. The van der Waals surface area contributed by atoms with Crippen LogP contribution in [0.15, 0.2) is 24.5 Å². The molecule has 0 saturated carbocycles. The summed E-state index contributed by atoms with van der Waals surface area (Å²) in [4.78, 5) is 4.17. The van der Waals surface area contributed by atoms with Crippen molar-refractivity contribution in [1.82, 2.24) is 14.8 Å². The molecule has 2 aromatic rings. The van der Waals surface area contributed by atoms with Crippen LogP contribution in [0.1, 0.15) is 31.0 Å². The van der Waals surface area contributed by atoms with Gasteiger partial charge in [-0.2, -0.15) is 5.10 Å². The van der Waals surface area contributed by atoms with E-state index in [1.165, 1.54) is 5.56 Å². The summed E-state index contributed by atoms with van der Waals surface area (Å²) in [6.07, 6.45) is 3.76. The van der Waals surface area contributed by atoms with Crippen LogP contribution < -0.4 is 10.1 Å². The second-order valence-corrected chi connectivity index (χ2v) is 4.78. The summed E-state index contributed by atoms with van der Waals surface area (Å²) in [5.74, 6) is 1.02. The van der Waals surface area contributed by atoms with Crippen molar-refractivity contribution >= 4 is 5.69 Å². The van der Waals surface area contributed by atoms with Gasteiger partial charge in [0.1, 0.15) is 0 Å². The van der Waals surface area contributed by atoms with Crippen molar-refractivity contribution in [3.8, 4) is 5.88 Å². The number of ether oxygens (including phenoxy) is 1. The molecule has 0 unspecified atom stereocenters. The van der Waals surface area contributed by atoms with E-state index >= 15 is 0 Å². The van der Waals surface area contributed by atoms with Crippen LogP contribution in [0, 0.1) is 0 Å². The van der Waals surface area contributed by atoms with Crippen LogP contribution >= 0.6 is 0 Å². The van der Waals surface area contributed by atoms with Gasteiger partial charge in [0.15, 0.2) is 0 Å². The van der Waals surface area contributed by atoms with Gasteiger partial charge in [-0.3, -0.25) is 4.68 Å². The fourth-order valence-corrected chi connectivity index (χ4v) is 2.06. The van der Waals surface area contributed by atoms with E-state index in [1.54, 1.807) is 13.3 Å². The van der Waals surface area contributed by atoms with E-state index in [2.05, 4.69) is 29.2 Å². The van der Waals surface area contributed by atoms with Crippen LogP contribution in [-0.4, -0.2) is 21.9 Å². The molecule has 0 amide bonds. The maximum atomic E-state index is 5.22. The summed E-state index contributed by atoms with van der Waals surface area (Å²) in [6, 6.07) is 3.84. The lowest BCUT2D eigenvalue weighted by Crippen LogP contribution is -2.04. The number of hydrogen-bond acceptors (Lipinski definition) is 4. The maximum Gasteiger partial charge on any atom is 0.237 e. The summed E-state index contributed by atoms with van der Waals surface area (Å²) in [7, 11) is 3.57. The van der Waals surface area contributed by atoms with Crippen molar-refractivity contribution < 1.29 is 4.74 Å². The number of anilines is 1. The van der Waals surface area contributed by atoms with Gasteiger partial charge in [-0.25, -0.2) is 4.98 Å². The summed E-state index contributed by atoms with van der Waals surface area (Å²) >= 11 is 0. The number of aromatic nitrogens is 3. The van der Waals surface area contributed by atoms with Crippen molar-refractivity contribution in [2.24, 2.45) is 7.05 Å². The Labute approximate surface area is 113 Å². The Bertz CT molecular complexity index is 548. The smallest absolute Gasteiger partial charge is 0.237 e. The third-order valence-electron chi connectivity index (χ3n) is 2.92. The van der Waals surface area contributed by atoms with Gasteiger partial charge in [-0.15, -0.1) is 0 Å². The quantitative estimate of drug-likeness (QED) is 0.897. The molecule has 0 aliphatic rings. The monoisotopic (exact) mass is 260 g/mol. The van der Waals surface area contributed by atoms with Gasteiger partial charge in [0.25, 0.3) is 0 Å². The van der Waals surface area contributed by atoms with Crippen LogP contribution in [0.4, 0.5) is 5.69 Å². The highest BCUT2D eigenvalue weighted by atomic mass is 16.5. The average molecular weight is 260 g/mol. The van der Waals surface area contributed by atoms with E-state index in [4.69, 9.17) is 4.74 Å². The van der Waals surface area contributed by atoms with Gasteiger partial charge >= 0.3 is 0 Å². The molecule has 2 rings (SSSR count). The van der Waals surface area contributed by atoms with E-state index in [-0.39, 0.29) is 0 Å². The molecule has 0 bridgehead atoms. The van der Waals surface area contributed by atoms with E-state index in [0.29, 0.717) is 18.3 Å². The fraction of sp³-hybridized carbons (Fsp3) is 0.429. The summed E-state index contributed by atoms with van der Waals surface area (Å²) in [5, 5.41) is 7.84. The lowest BCUT2D eigenvalue weighted by Gasteiger charge is -2.10. The molecule has 0 radical (unpaired) electrons. The number of rotatable bonds is 5. The van der Waals surface area contributed by atoms with E-state index in [9.17, 15) is 0 Å². The van der Waals surface area contributed by atoms with E-state index < -0.39 is 0 Å². The number of hydrogen-bond donors (Lipinski definition) is 1. The number of pyridine rings is 1. The van der Waals surface area contributed by atoms with Crippen LogP contribution in [0.5, 0.6) is 5.88 Å². The first-order chi connectivity index (χ1) is 9.11. The Morgan fingerprint density at radius 3 is 2.89 bits per heavy atom. The molecule has 0 fully saturated rings. The Balaban J connectivity index is 2.14. The molecular weight excluding hydrogens is 240 g/mol. The van der Waals surface area contributed by atoms with E-state index in [1.807, 2.05) is 30.1 Å². The van der Waals surface area contributed by atoms with Gasteiger partial charge in [0.05, 0.1) is 18.5 Å². The third-order valence-corrected chi connectivity index (χ3v) is 2.92. The molecule has 5 nitrogen and oxygen atoms in total. The SMILES string of the molecule is COc1ncccc1NCc1cn(C)nc1C(C)C. The highest BCUT2D eigenvalue weighted by Crippen LogP contribution is 2.23. The molecule has 0 saturated heterocycles. The molecule has 102 valence electrons. The Kier molecular flexibility index (Phi) is 4.04. The molecule has 1 N–H and O–H groups in total. The van der Waals surface area contributed by atoms with Crippen molar-refractivity contribution in [1.29, 1.82) is 0 Å². The first kappa shape index (κ1) is 13.4. The fourth-order valence-electron chi connectivity index (χ4n) is 2.06. The summed E-state index contributed by atoms with van der Waals surface area (Å²) < 4.78 is 7.08. The lowest BCUT2D eigenvalue weighted by molar-refractivity contribution is 0.399. The van der Waals surface area contributed by atoms with Crippen LogP contribution in [-0.2, 0) is 13.6 Å². The Morgan fingerprint density at radius 1 is 1.42 bits per heavy atom. The maximum absolute atomic E-state index is 5.22. The van der Waals surface area contributed by atoms with Crippen molar-refractivity contribution in [3.05, 3.63) is 35.8 Å². The minimum Gasteiger partial charge on any atom is -0.480 e. The second kappa shape index (κ2) is 5.73. The largest absolute Gasteiger partial charge is 0.480 e. The van der Waals surface area contributed by atoms with Crippen LogP contribution in [0.3, 0.4) is 0 Å². The van der Waals surface area contributed by atoms with Gasteiger partial charge in [-0.05, 0) is 18.1 Å². The topological polar surface area (TPSA) is 52.0 Å². The second-order valence-electron chi connectivity index (χ2n) is 4.78. The molecule has 2 aromatic heterocycles. The molecule has 0 spiro atoms. The number of nitrogens with one attached hydrogen (secondary N) is 1. The summed E-state index contributed by atoms with van der Waals surface area (Å²) in [6.45, 7) is 5.01. The molecule has 5 heteroatoms. The van der Waals surface area contributed by atoms with Crippen molar-refractivity contribution in [2.45, 2.75) is 26.3 Å². The lowest BCUT2D eigenvalue weighted by atomic mass is 10.1. The van der Waals surface area contributed by atoms with Gasteiger partial charge < -0.3 is 10.1 Å². The zero-order chi connectivity index (χ0) is 13.8. The minimum atomic E-state index is 0.411. The molecule has 0 aliphatic carbocycles. The average Bonchev–Trinajstić information content (AvgIpc) is 2.78. The third kappa shape index (κ3) is 3.05. The number of aryl methyl sites for hydroxylation is 1. The van der Waals surface area contributed by atoms with Gasteiger partial charge in [-0.1, -0.05) is 13.8 Å². The standard InChI is InChI=1S/C14H20N4O/c1-10(2)13-11(9-18(3)17-13)8-16-12-6-5-7-15-14(12)19-4/h5-7,9-10,16H,8H2,1-4H3. The van der Waals surface area contributed by atoms with Gasteiger partial charge in [0.2, 0.25) is 5.88 Å². The van der Waals surface area contributed by atoms with E-state index in [0.717, 1.165) is 11.4 Å².